The van der Waals surface area contributed by atoms with Crippen LogP contribution >= 0.6 is 11.6 Å². The average molecular weight is 414 g/mol. The van der Waals surface area contributed by atoms with Gasteiger partial charge in [0.2, 0.25) is 0 Å². The van der Waals surface area contributed by atoms with Crippen molar-refractivity contribution < 1.29 is 27.4 Å². The zero-order valence-electron chi connectivity index (χ0n) is 15.0. The minimum Gasteiger partial charge on any atom is -0.497 e. The van der Waals surface area contributed by atoms with Crippen LogP contribution in [0.5, 0.6) is 5.75 Å². The second kappa shape index (κ2) is 7.31. The number of esters is 1. The average Bonchev–Trinajstić information content (AvgIpc) is 2.96. The number of rotatable bonds is 4. The molecule has 0 bridgehead atoms. The third-order valence-electron chi connectivity index (χ3n) is 3.75. The summed E-state index contributed by atoms with van der Waals surface area (Å²) >= 11 is 6.13. The first-order valence-corrected chi connectivity index (χ1v) is 8.51. The van der Waals surface area contributed by atoms with Crippen molar-refractivity contribution in [2.45, 2.75) is 26.1 Å². The Morgan fingerprint density at radius 2 is 1.86 bits per heavy atom. The lowest BCUT2D eigenvalue weighted by molar-refractivity contribution is -0.142. The Labute approximate surface area is 162 Å². The summed E-state index contributed by atoms with van der Waals surface area (Å²) in [6, 6.07) is 7.16. The van der Waals surface area contributed by atoms with Gasteiger partial charge in [-0.1, -0.05) is 11.6 Å². The van der Waals surface area contributed by atoms with Gasteiger partial charge in [-0.05, 0) is 44.2 Å². The Hall–Kier alpha value is -2.81. The van der Waals surface area contributed by atoms with E-state index in [1.807, 2.05) is 0 Å². The summed E-state index contributed by atoms with van der Waals surface area (Å²) < 4.78 is 51.4. The Balaban J connectivity index is 2.22. The Kier molecular flexibility index (Phi) is 5.20. The summed E-state index contributed by atoms with van der Waals surface area (Å²) in [6.45, 7) is 3.20. The molecule has 0 saturated carbocycles. The molecule has 1 aromatic carbocycles. The van der Waals surface area contributed by atoms with E-state index in [0.29, 0.717) is 15.8 Å². The van der Waals surface area contributed by atoms with Crippen molar-refractivity contribution in [1.82, 2.24) is 14.6 Å². The number of hydrogen-bond acceptors (Lipinski definition) is 5. The van der Waals surface area contributed by atoms with Gasteiger partial charge in [0.15, 0.2) is 17.0 Å². The minimum absolute atomic E-state index is 0.0213. The van der Waals surface area contributed by atoms with Crippen molar-refractivity contribution in [2.75, 3.05) is 7.11 Å². The van der Waals surface area contributed by atoms with Crippen LogP contribution in [-0.4, -0.2) is 33.8 Å². The molecular formula is C18H15ClF3N3O3. The highest BCUT2D eigenvalue weighted by Crippen LogP contribution is 2.35. The Morgan fingerprint density at radius 1 is 1.21 bits per heavy atom. The van der Waals surface area contributed by atoms with Crippen LogP contribution in [0.1, 0.15) is 30.0 Å². The summed E-state index contributed by atoms with van der Waals surface area (Å²) in [5.41, 5.74) is -1.41. The van der Waals surface area contributed by atoms with Crippen LogP contribution in [0.3, 0.4) is 0 Å². The molecule has 0 saturated heterocycles. The molecular weight excluding hydrogens is 399 g/mol. The second-order valence-electron chi connectivity index (χ2n) is 6.10. The summed E-state index contributed by atoms with van der Waals surface area (Å²) in [5.74, 6) is -0.383. The zero-order valence-corrected chi connectivity index (χ0v) is 15.8. The predicted molar refractivity (Wildman–Crippen MR) is 95.5 cm³/mol. The van der Waals surface area contributed by atoms with Crippen molar-refractivity contribution >= 4 is 23.2 Å². The molecule has 0 spiro atoms. The first kappa shape index (κ1) is 19.9. The Bertz CT molecular complexity index is 1030. The minimum atomic E-state index is -4.75. The van der Waals surface area contributed by atoms with Gasteiger partial charge in [0.05, 0.1) is 18.9 Å². The van der Waals surface area contributed by atoms with E-state index in [-0.39, 0.29) is 16.4 Å². The number of ether oxygens (including phenoxy) is 2. The highest BCUT2D eigenvalue weighted by atomic mass is 35.5. The number of methoxy groups -OCH3 is 1. The van der Waals surface area contributed by atoms with Gasteiger partial charge in [-0.3, -0.25) is 0 Å². The molecule has 0 unspecified atom stereocenters. The van der Waals surface area contributed by atoms with Gasteiger partial charge in [0.1, 0.15) is 10.8 Å². The summed E-state index contributed by atoms with van der Waals surface area (Å²) in [5, 5.41) is 3.39. The summed E-state index contributed by atoms with van der Waals surface area (Å²) in [6.07, 6.45) is -5.24. The second-order valence-corrected chi connectivity index (χ2v) is 6.48. The van der Waals surface area contributed by atoms with E-state index >= 15 is 0 Å². The van der Waals surface area contributed by atoms with Crippen LogP contribution < -0.4 is 4.74 Å². The van der Waals surface area contributed by atoms with Gasteiger partial charge in [0.25, 0.3) is 0 Å². The first-order valence-electron chi connectivity index (χ1n) is 8.13. The highest BCUT2D eigenvalue weighted by molar-refractivity contribution is 6.36. The lowest BCUT2D eigenvalue weighted by atomic mass is 10.1. The van der Waals surface area contributed by atoms with Gasteiger partial charge in [0, 0.05) is 5.56 Å². The molecule has 0 aliphatic carbocycles. The molecule has 3 rings (SSSR count). The van der Waals surface area contributed by atoms with E-state index < -0.39 is 29.6 Å². The molecule has 0 aliphatic heterocycles. The van der Waals surface area contributed by atoms with Crippen LogP contribution in [0.25, 0.3) is 16.9 Å². The summed E-state index contributed by atoms with van der Waals surface area (Å²) in [4.78, 5) is 16.3. The molecule has 6 nitrogen and oxygen atoms in total. The van der Waals surface area contributed by atoms with E-state index in [1.165, 1.54) is 7.11 Å². The lowest BCUT2D eigenvalue weighted by Crippen LogP contribution is -2.15. The molecule has 0 aliphatic rings. The van der Waals surface area contributed by atoms with Gasteiger partial charge in [-0.15, -0.1) is 0 Å². The van der Waals surface area contributed by atoms with Crippen LogP contribution in [0.2, 0.25) is 5.02 Å². The fourth-order valence-corrected chi connectivity index (χ4v) is 2.74. The number of hydrogen-bond donors (Lipinski definition) is 0. The number of aromatic nitrogens is 3. The number of nitrogens with zero attached hydrogens (tertiary/aromatic N) is 3. The van der Waals surface area contributed by atoms with E-state index in [9.17, 15) is 18.0 Å². The van der Waals surface area contributed by atoms with E-state index in [0.717, 1.165) is 6.07 Å². The number of fused-ring (bicyclic) bond motifs is 1. The lowest BCUT2D eigenvalue weighted by Gasteiger charge is -2.11. The number of benzene rings is 1. The third kappa shape index (κ3) is 3.75. The molecule has 28 heavy (non-hydrogen) atoms. The van der Waals surface area contributed by atoms with Crippen LogP contribution in [0.4, 0.5) is 13.2 Å². The van der Waals surface area contributed by atoms with E-state index in [2.05, 4.69) is 10.1 Å². The predicted octanol–water partition coefficient (Wildman–Crippen LogP) is 4.64. The van der Waals surface area contributed by atoms with Gasteiger partial charge in [-0.2, -0.15) is 18.3 Å². The smallest absolute Gasteiger partial charge is 0.433 e. The number of alkyl halides is 3. The molecule has 3 aromatic rings. The van der Waals surface area contributed by atoms with E-state index in [4.69, 9.17) is 21.1 Å². The maximum Gasteiger partial charge on any atom is 0.433 e. The van der Waals surface area contributed by atoms with Crippen LogP contribution in [0, 0.1) is 0 Å². The molecule has 0 radical (unpaired) electrons. The molecule has 10 heteroatoms. The molecule has 2 heterocycles. The number of carbonyl (C=O) groups excluding carboxylic acids is 1. The van der Waals surface area contributed by atoms with Crippen LogP contribution in [-0.2, 0) is 10.9 Å². The van der Waals surface area contributed by atoms with Gasteiger partial charge in [-0.25, -0.2) is 14.3 Å². The topological polar surface area (TPSA) is 65.7 Å². The normalized spacial score (nSPS) is 11.9. The van der Waals surface area contributed by atoms with Crippen molar-refractivity contribution in [1.29, 1.82) is 0 Å². The maximum absolute atomic E-state index is 13.6. The summed E-state index contributed by atoms with van der Waals surface area (Å²) in [7, 11) is 1.48. The molecule has 0 atom stereocenters. The third-order valence-corrected chi connectivity index (χ3v) is 4.09. The van der Waals surface area contributed by atoms with Crippen molar-refractivity contribution in [2.24, 2.45) is 0 Å². The molecule has 2 aromatic heterocycles. The fourth-order valence-electron chi connectivity index (χ4n) is 2.50. The molecule has 0 fully saturated rings. The molecule has 148 valence electrons. The quantitative estimate of drug-likeness (QED) is 0.583. The largest absolute Gasteiger partial charge is 0.497 e. The zero-order chi connectivity index (χ0) is 20.6. The SMILES string of the molecule is COc1ccc(-c2cc(C(F)(F)F)n3nc(C(=O)OC(C)C)c(Cl)c3n2)cc1. The Morgan fingerprint density at radius 3 is 2.39 bits per heavy atom. The van der Waals surface area contributed by atoms with Gasteiger partial charge < -0.3 is 9.47 Å². The maximum atomic E-state index is 13.6. The number of halogens is 4. The van der Waals surface area contributed by atoms with Crippen molar-refractivity contribution in [3.8, 4) is 17.0 Å². The van der Waals surface area contributed by atoms with Crippen LogP contribution in [0.15, 0.2) is 30.3 Å². The monoisotopic (exact) mass is 413 g/mol. The van der Waals surface area contributed by atoms with Crippen molar-refractivity contribution in [3.05, 3.63) is 46.7 Å². The molecule has 0 amide bonds. The van der Waals surface area contributed by atoms with E-state index in [1.54, 1.807) is 38.1 Å². The fraction of sp³-hybridized carbons (Fsp3) is 0.278. The van der Waals surface area contributed by atoms with Gasteiger partial charge >= 0.3 is 12.1 Å². The highest BCUT2D eigenvalue weighted by Gasteiger charge is 2.37. The standard InChI is InChI=1S/C18H15ClF3N3O3/c1-9(2)28-17(26)15-14(19)16-23-12(10-4-6-11(27-3)7-5-10)8-13(18(20,21)22)25(16)24-15/h4-9H,1-3H3. The number of carbonyl (C=O) groups is 1. The molecule has 0 N–H and O–H groups in total. The first-order chi connectivity index (χ1) is 13.1. The van der Waals surface area contributed by atoms with Crippen molar-refractivity contribution in [3.63, 3.8) is 0 Å².